The number of ether oxygens (including phenoxy) is 3. The van der Waals surface area contributed by atoms with Gasteiger partial charge in [0.05, 0.1) is 26.4 Å². The number of hydrogen-bond donors (Lipinski definition) is 0. The third kappa shape index (κ3) is 5.21. The largest absolute Gasteiger partial charge is 0.494 e. The third-order valence-electron chi connectivity index (χ3n) is 3.67. The van der Waals surface area contributed by atoms with E-state index in [-0.39, 0.29) is 0 Å². The topological polar surface area (TPSA) is 30.9 Å². The van der Waals surface area contributed by atoms with Crippen molar-refractivity contribution in [3.05, 3.63) is 23.8 Å². The molecule has 4 heteroatoms. The quantitative estimate of drug-likeness (QED) is 0.737. The molecule has 1 aliphatic heterocycles. The summed E-state index contributed by atoms with van der Waals surface area (Å²) in [5.74, 6) is 1.85. The lowest BCUT2D eigenvalue weighted by molar-refractivity contribution is 0.0374. The van der Waals surface area contributed by atoms with Gasteiger partial charge in [-0.1, -0.05) is 6.07 Å². The maximum absolute atomic E-state index is 5.75. The van der Waals surface area contributed by atoms with Crippen molar-refractivity contribution in [2.45, 2.75) is 26.7 Å². The Labute approximate surface area is 128 Å². The van der Waals surface area contributed by atoms with Gasteiger partial charge in [0, 0.05) is 19.2 Å². The molecule has 0 saturated carbocycles. The fourth-order valence-electron chi connectivity index (χ4n) is 2.61. The van der Waals surface area contributed by atoms with Crippen molar-refractivity contribution in [2.24, 2.45) is 0 Å². The first-order chi connectivity index (χ1) is 10.3. The predicted molar refractivity (Wildman–Crippen MR) is 84.4 cm³/mol. The first kappa shape index (κ1) is 16.1. The second-order valence-corrected chi connectivity index (χ2v) is 5.19. The van der Waals surface area contributed by atoms with E-state index in [1.807, 2.05) is 26.0 Å². The highest BCUT2D eigenvalue weighted by atomic mass is 16.5. The molecule has 4 nitrogen and oxygen atoms in total. The lowest BCUT2D eigenvalue weighted by Crippen LogP contribution is -2.36. The molecule has 0 aromatic heterocycles. The van der Waals surface area contributed by atoms with Gasteiger partial charge in [0.2, 0.25) is 0 Å². The number of aryl methyl sites for hydroxylation is 1. The van der Waals surface area contributed by atoms with Crippen molar-refractivity contribution < 1.29 is 14.2 Å². The molecule has 1 aromatic rings. The summed E-state index contributed by atoms with van der Waals surface area (Å²) in [4.78, 5) is 2.47. The molecule has 1 heterocycles. The molecule has 0 unspecified atom stereocenters. The van der Waals surface area contributed by atoms with Gasteiger partial charge in [0.25, 0.3) is 0 Å². The molecule has 0 atom stereocenters. The van der Waals surface area contributed by atoms with Crippen LogP contribution in [0.25, 0.3) is 0 Å². The molecular formula is C17H27NO3. The molecule has 1 saturated heterocycles. The van der Waals surface area contributed by atoms with Gasteiger partial charge in [-0.3, -0.25) is 4.90 Å². The minimum absolute atomic E-state index is 0.682. The Morgan fingerprint density at radius 1 is 1.10 bits per heavy atom. The average Bonchev–Trinajstić information content (AvgIpc) is 2.51. The van der Waals surface area contributed by atoms with Crippen molar-refractivity contribution in [1.82, 2.24) is 4.90 Å². The van der Waals surface area contributed by atoms with Gasteiger partial charge in [-0.05, 0) is 44.9 Å². The third-order valence-corrected chi connectivity index (χ3v) is 3.67. The van der Waals surface area contributed by atoms with E-state index in [4.69, 9.17) is 14.2 Å². The molecule has 0 bridgehead atoms. The Morgan fingerprint density at radius 2 is 1.86 bits per heavy atom. The van der Waals surface area contributed by atoms with E-state index in [1.54, 1.807) is 0 Å². The highest BCUT2D eigenvalue weighted by molar-refractivity contribution is 5.40. The summed E-state index contributed by atoms with van der Waals surface area (Å²) < 4.78 is 16.7. The molecular weight excluding hydrogens is 266 g/mol. The zero-order valence-corrected chi connectivity index (χ0v) is 13.3. The standard InChI is InChI=1S/C17H27NO3/c1-3-20-16-8-7-15(17(14-16)21-4-2)6-5-9-18-10-12-19-13-11-18/h7-8,14H,3-6,9-13H2,1-2H3. The molecule has 1 aromatic carbocycles. The van der Waals surface area contributed by atoms with Crippen LogP contribution in [-0.2, 0) is 11.2 Å². The molecule has 1 fully saturated rings. The van der Waals surface area contributed by atoms with Crippen LogP contribution < -0.4 is 9.47 Å². The van der Waals surface area contributed by atoms with Gasteiger partial charge >= 0.3 is 0 Å². The molecule has 0 aliphatic carbocycles. The van der Waals surface area contributed by atoms with Crippen LogP contribution in [0.3, 0.4) is 0 Å². The maximum atomic E-state index is 5.75. The van der Waals surface area contributed by atoms with Gasteiger partial charge in [0.15, 0.2) is 0 Å². The SMILES string of the molecule is CCOc1ccc(CCCN2CCOCC2)c(OCC)c1. The van der Waals surface area contributed by atoms with Gasteiger partial charge in [-0.25, -0.2) is 0 Å². The van der Waals surface area contributed by atoms with Crippen molar-refractivity contribution >= 4 is 0 Å². The highest BCUT2D eigenvalue weighted by Crippen LogP contribution is 2.26. The molecule has 0 N–H and O–H groups in total. The zero-order chi connectivity index (χ0) is 14.9. The van der Waals surface area contributed by atoms with E-state index >= 15 is 0 Å². The average molecular weight is 293 g/mol. The summed E-state index contributed by atoms with van der Waals surface area (Å²) >= 11 is 0. The summed E-state index contributed by atoms with van der Waals surface area (Å²) in [7, 11) is 0. The van der Waals surface area contributed by atoms with E-state index in [9.17, 15) is 0 Å². The van der Waals surface area contributed by atoms with Crippen LogP contribution in [0.1, 0.15) is 25.8 Å². The van der Waals surface area contributed by atoms with Crippen LogP contribution in [0.2, 0.25) is 0 Å². The Morgan fingerprint density at radius 3 is 2.57 bits per heavy atom. The minimum Gasteiger partial charge on any atom is -0.494 e. The fourth-order valence-corrected chi connectivity index (χ4v) is 2.61. The number of morpholine rings is 1. The minimum atomic E-state index is 0.682. The number of nitrogens with zero attached hydrogens (tertiary/aromatic N) is 1. The molecule has 0 spiro atoms. The van der Waals surface area contributed by atoms with Gasteiger partial charge in [-0.2, -0.15) is 0 Å². The normalized spacial score (nSPS) is 15.9. The summed E-state index contributed by atoms with van der Waals surface area (Å²) in [6, 6.07) is 6.18. The van der Waals surface area contributed by atoms with Gasteiger partial charge in [-0.15, -0.1) is 0 Å². The second-order valence-electron chi connectivity index (χ2n) is 5.19. The molecule has 2 rings (SSSR count). The van der Waals surface area contributed by atoms with Gasteiger partial charge in [0.1, 0.15) is 11.5 Å². The van der Waals surface area contributed by atoms with Crippen LogP contribution in [-0.4, -0.2) is 51.0 Å². The van der Waals surface area contributed by atoms with E-state index in [0.29, 0.717) is 13.2 Å². The lowest BCUT2D eigenvalue weighted by Gasteiger charge is -2.26. The first-order valence-electron chi connectivity index (χ1n) is 8.02. The van der Waals surface area contributed by atoms with Crippen LogP contribution in [0, 0.1) is 0 Å². The molecule has 21 heavy (non-hydrogen) atoms. The Hall–Kier alpha value is -1.26. The smallest absolute Gasteiger partial charge is 0.126 e. The summed E-state index contributed by atoms with van der Waals surface area (Å²) in [5.41, 5.74) is 1.27. The van der Waals surface area contributed by atoms with E-state index in [1.165, 1.54) is 5.56 Å². The Kier molecular flexibility index (Phi) is 6.83. The van der Waals surface area contributed by atoms with E-state index in [0.717, 1.165) is 57.2 Å². The Balaban J connectivity index is 1.88. The molecule has 0 amide bonds. The highest BCUT2D eigenvalue weighted by Gasteiger charge is 2.11. The van der Waals surface area contributed by atoms with E-state index < -0.39 is 0 Å². The summed E-state index contributed by atoms with van der Waals surface area (Å²) in [5, 5.41) is 0. The van der Waals surface area contributed by atoms with Crippen LogP contribution in [0.4, 0.5) is 0 Å². The number of benzene rings is 1. The maximum Gasteiger partial charge on any atom is 0.126 e. The molecule has 118 valence electrons. The molecule has 0 radical (unpaired) electrons. The van der Waals surface area contributed by atoms with E-state index in [2.05, 4.69) is 11.0 Å². The first-order valence-corrected chi connectivity index (χ1v) is 8.02. The van der Waals surface area contributed by atoms with Crippen LogP contribution >= 0.6 is 0 Å². The van der Waals surface area contributed by atoms with Crippen molar-refractivity contribution in [2.75, 3.05) is 46.1 Å². The van der Waals surface area contributed by atoms with Crippen molar-refractivity contribution in [1.29, 1.82) is 0 Å². The number of hydrogen-bond acceptors (Lipinski definition) is 4. The predicted octanol–water partition coefficient (Wildman–Crippen LogP) is 2.75. The summed E-state index contributed by atoms with van der Waals surface area (Å²) in [6.45, 7) is 10.4. The number of rotatable bonds is 8. The van der Waals surface area contributed by atoms with Crippen molar-refractivity contribution in [3.63, 3.8) is 0 Å². The Bertz CT molecular complexity index is 416. The summed E-state index contributed by atoms with van der Waals surface area (Å²) in [6.07, 6.45) is 2.19. The molecule has 1 aliphatic rings. The fraction of sp³-hybridized carbons (Fsp3) is 0.647. The lowest BCUT2D eigenvalue weighted by atomic mass is 10.1. The zero-order valence-electron chi connectivity index (χ0n) is 13.3. The monoisotopic (exact) mass is 293 g/mol. The van der Waals surface area contributed by atoms with Crippen LogP contribution in [0.15, 0.2) is 18.2 Å². The van der Waals surface area contributed by atoms with Crippen molar-refractivity contribution in [3.8, 4) is 11.5 Å². The second kappa shape index (κ2) is 8.90. The van der Waals surface area contributed by atoms with Crippen LogP contribution in [0.5, 0.6) is 11.5 Å². The van der Waals surface area contributed by atoms with Gasteiger partial charge < -0.3 is 14.2 Å².